The Morgan fingerprint density at radius 1 is 1.73 bits per heavy atom. The molecule has 1 aliphatic carbocycles. The molecule has 2 aliphatic rings. The van der Waals surface area contributed by atoms with Crippen LogP contribution in [0, 0.1) is 11.8 Å². The predicted molar refractivity (Wildman–Crippen MR) is 48.7 cm³/mol. The van der Waals surface area contributed by atoms with Gasteiger partial charge >= 0.3 is 5.97 Å². The van der Waals surface area contributed by atoms with Crippen LogP contribution in [0.3, 0.4) is 0 Å². The number of hydrogen-bond acceptors (Lipinski definition) is 5. The van der Waals surface area contributed by atoms with Crippen LogP contribution in [-0.4, -0.2) is 36.7 Å². The van der Waals surface area contributed by atoms with Gasteiger partial charge in [-0.15, -0.1) is 0 Å². The average Bonchev–Trinajstić information content (AvgIpc) is 2.50. The number of fused-ring (bicyclic) bond motifs is 1. The number of carbonyl (C=O) groups excluding carboxylic acids is 2. The third-order valence-electron chi connectivity index (χ3n) is 2.88. The largest absolute Gasteiger partial charge is 0.493 e. The van der Waals surface area contributed by atoms with Gasteiger partial charge in [0.2, 0.25) is 0 Å². The van der Waals surface area contributed by atoms with Crippen molar-refractivity contribution in [3.63, 3.8) is 0 Å². The summed E-state index contributed by atoms with van der Waals surface area (Å²) in [6.45, 7) is -0.212. The Kier molecular flexibility index (Phi) is 2.48. The van der Waals surface area contributed by atoms with Crippen LogP contribution < -0.4 is 0 Å². The highest BCUT2D eigenvalue weighted by Gasteiger charge is 2.56. The Morgan fingerprint density at radius 2 is 2.47 bits per heavy atom. The molecule has 1 N–H and O–H groups in total. The third-order valence-corrected chi connectivity index (χ3v) is 2.88. The minimum Gasteiger partial charge on any atom is -0.493 e. The van der Waals surface area contributed by atoms with Gasteiger partial charge in [-0.2, -0.15) is 0 Å². The number of rotatable bonds is 2. The summed E-state index contributed by atoms with van der Waals surface area (Å²) < 4.78 is 10.0. The van der Waals surface area contributed by atoms with Gasteiger partial charge in [0.05, 0.1) is 19.6 Å². The summed E-state index contributed by atoms with van der Waals surface area (Å²) in [6.07, 6.45) is 1.55. The number of hydrogen-bond donors (Lipinski definition) is 1. The van der Waals surface area contributed by atoms with Gasteiger partial charge < -0.3 is 14.6 Å². The summed E-state index contributed by atoms with van der Waals surface area (Å²) in [5, 5.41) is 8.76. The van der Waals surface area contributed by atoms with Crippen molar-refractivity contribution in [3.05, 3.63) is 11.8 Å². The van der Waals surface area contributed by atoms with Gasteiger partial charge in [-0.1, -0.05) is 0 Å². The zero-order valence-electron chi connectivity index (χ0n) is 8.30. The normalized spacial score (nSPS) is 35.7. The van der Waals surface area contributed by atoms with E-state index < -0.39 is 17.8 Å². The molecule has 1 heterocycles. The highest BCUT2D eigenvalue weighted by molar-refractivity contribution is 5.94. The second kappa shape index (κ2) is 3.66. The molecule has 1 saturated heterocycles. The van der Waals surface area contributed by atoms with E-state index in [1.165, 1.54) is 13.2 Å². The van der Waals surface area contributed by atoms with E-state index >= 15 is 0 Å². The molecule has 0 bridgehead atoms. The summed E-state index contributed by atoms with van der Waals surface area (Å²) >= 11 is 0. The lowest BCUT2D eigenvalue weighted by atomic mass is 9.74. The van der Waals surface area contributed by atoms with Crippen LogP contribution in [0.5, 0.6) is 0 Å². The van der Waals surface area contributed by atoms with E-state index in [0.717, 1.165) is 0 Å². The van der Waals surface area contributed by atoms with Crippen LogP contribution >= 0.6 is 0 Å². The Balaban J connectivity index is 2.24. The smallest absolute Gasteiger partial charge is 0.317 e. The lowest BCUT2D eigenvalue weighted by Crippen LogP contribution is -2.43. The van der Waals surface area contributed by atoms with E-state index in [4.69, 9.17) is 9.84 Å². The SMILES string of the molecule is COC(=O)C1/C(=C/CO)OC2CC(=O)C21. The van der Waals surface area contributed by atoms with E-state index in [0.29, 0.717) is 12.2 Å². The molecule has 0 spiro atoms. The number of esters is 1. The first kappa shape index (κ1) is 10.2. The van der Waals surface area contributed by atoms with Gasteiger partial charge in [-0.25, -0.2) is 0 Å². The number of ether oxygens (including phenoxy) is 2. The molecule has 1 aliphatic heterocycles. The Hall–Kier alpha value is -1.36. The zero-order valence-corrected chi connectivity index (χ0v) is 8.30. The van der Waals surface area contributed by atoms with Crippen LogP contribution in [0.15, 0.2) is 11.8 Å². The lowest BCUT2D eigenvalue weighted by molar-refractivity contribution is -0.150. The first-order valence-electron chi connectivity index (χ1n) is 4.77. The predicted octanol–water partition coefficient (Wildman–Crippen LogP) is -0.360. The first-order valence-corrected chi connectivity index (χ1v) is 4.77. The van der Waals surface area contributed by atoms with Crippen LogP contribution in [0.2, 0.25) is 0 Å². The quantitative estimate of drug-likeness (QED) is 0.633. The number of methoxy groups -OCH3 is 1. The fourth-order valence-corrected chi connectivity index (χ4v) is 2.10. The Bertz CT molecular complexity index is 333. The molecule has 5 nitrogen and oxygen atoms in total. The van der Waals surface area contributed by atoms with Gasteiger partial charge in [0, 0.05) is 6.42 Å². The van der Waals surface area contributed by atoms with Crippen LogP contribution in [0.25, 0.3) is 0 Å². The zero-order chi connectivity index (χ0) is 11.0. The molecule has 0 aromatic carbocycles. The van der Waals surface area contributed by atoms with Crippen molar-refractivity contribution in [1.82, 2.24) is 0 Å². The Morgan fingerprint density at radius 3 is 3.00 bits per heavy atom. The molecule has 0 radical (unpaired) electrons. The summed E-state index contributed by atoms with van der Waals surface area (Å²) in [7, 11) is 1.27. The van der Waals surface area contributed by atoms with Crippen molar-refractivity contribution >= 4 is 11.8 Å². The summed E-state index contributed by atoms with van der Waals surface area (Å²) in [6, 6.07) is 0. The summed E-state index contributed by atoms with van der Waals surface area (Å²) in [4.78, 5) is 22.8. The van der Waals surface area contributed by atoms with E-state index in [1.54, 1.807) is 0 Å². The standard InChI is InChI=1S/C10H12O5/c1-14-10(13)9-6(2-3-11)15-7-4-5(12)8(7)9/h2,7-9,11H,3-4H2,1H3/b6-2-. The van der Waals surface area contributed by atoms with Crippen molar-refractivity contribution in [2.45, 2.75) is 12.5 Å². The maximum Gasteiger partial charge on any atom is 0.317 e. The van der Waals surface area contributed by atoms with E-state index in [9.17, 15) is 9.59 Å². The molecule has 1 saturated carbocycles. The van der Waals surface area contributed by atoms with Crippen molar-refractivity contribution in [2.24, 2.45) is 11.8 Å². The first-order chi connectivity index (χ1) is 7.19. The maximum atomic E-state index is 11.5. The summed E-state index contributed by atoms with van der Waals surface area (Å²) in [5.74, 6) is -1.15. The van der Waals surface area contributed by atoms with Crippen molar-refractivity contribution < 1.29 is 24.2 Å². The molecule has 2 rings (SSSR count). The van der Waals surface area contributed by atoms with Gasteiger partial charge in [0.25, 0.3) is 0 Å². The van der Waals surface area contributed by atoms with Crippen molar-refractivity contribution in [3.8, 4) is 0 Å². The Labute approximate surface area is 86.7 Å². The number of Topliss-reactive ketones (excluding diaryl/α,β-unsaturated/α-hetero) is 1. The van der Waals surface area contributed by atoms with E-state index in [-0.39, 0.29) is 18.5 Å². The van der Waals surface area contributed by atoms with Gasteiger partial charge in [0.15, 0.2) is 0 Å². The second-order valence-electron chi connectivity index (χ2n) is 3.64. The van der Waals surface area contributed by atoms with Crippen LogP contribution in [0.1, 0.15) is 6.42 Å². The van der Waals surface area contributed by atoms with Crippen LogP contribution in [0.4, 0.5) is 0 Å². The number of ketones is 1. The fraction of sp³-hybridized carbons (Fsp3) is 0.600. The van der Waals surface area contributed by atoms with Gasteiger partial charge in [0.1, 0.15) is 23.6 Å². The topological polar surface area (TPSA) is 72.8 Å². The molecular weight excluding hydrogens is 200 g/mol. The average molecular weight is 212 g/mol. The minimum atomic E-state index is -0.659. The maximum absolute atomic E-state index is 11.5. The third kappa shape index (κ3) is 1.43. The molecule has 5 heteroatoms. The second-order valence-corrected chi connectivity index (χ2v) is 3.64. The number of aliphatic hydroxyl groups is 1. The van der Waals surface area contributed by atoms with Crippen LogP contribution in [-0.2, 0) is 19.1 Å². The number of carbonyl (C=O) groups is 2. The molecular formula is C10H12O5. The van der Waals surface area contributed by atoms with Gasteiger partial charge in [-0.3, -0.25) is 9.59 Å². The summed E-state index contributed by atoms with van der Waals surface area (Å²) in [5.41, 5.74) is 0. The molecule has 0 aromatic rings. The molecule has 3 unspecified atom stereocenters. The van der Waals surface area contributed by atoms with Crippen molar-refractivity contribution in [1.29, 1.82) is 0 Å². The molecule has 0 amide bonds. The molecule has 82 valence electrons. The number of aliphatic hydroxyl groups excluding tert-OH is 1. The molecule has 15 heavy (non-hydrogen) atoms. The highest BCUT2D eigenvalue weighted by atomic mass is 16.5. The molecule has 0 aromatic heterocycles. The molecule has 3 atom stereocenters. The minimum absolute atomic E-state index is 0.0248. The van der Waals surface area contributed by atoms with Crippen molar-refractivity contribution in [2.75, 3.05) is 13.7 Å². The monoisotopic (exact) mass is 212 g/mol. The lowest BCUT2D eigenvalue weighted by Gasteiger charge is -2.27. The fourth-order valence-electron chi connectivity index (χ4n) is 2.10. The highest BCUT2D eigenvalue weighted by Crippen LogP contribution is 2.45. The van der Waals surface area contributed by atoms with E-state index in [1.807, 2.05) is 0 Å². The molecule has 2 fully saturated rings. The van der Waals surface area contributed by atoms with Gasteiger partial charge in [-0.05, 0) is 6.08 Å². The van der Waals surface area contributed by atoms with E-state index in [2.05, 4.69) is 4.74 Å².